The van der Waals surface area contributed by atoms with Crippen LogP contribution in [0.5, 0.6) is 0 Å². The number of hydrogen-bond acceptors (Lipinski definition) is 0. The third-order valence-corrected chi connectivity index (χ3v) is 24.3. The smallest absolute Gasteiger partial charge is 0.0654 e. The quantitative estimate of drug-likeness (QED) is 0.0325. The van der Waals surface area contributed by atoms with Crippen LogP contribution in [0.2, 0.25) is 0 Å². The van der Waals surface area contributed by atoms with E-state index < -0.39 is 4.25 Å². The minimum atomic E-state index is -1.66. The van der Waals surface area contributed by atoms with Crippen molar-refractivity contribution >= 4 is 26.3 Å². The van der Waals surface area contributed by atoms with Crippen molar-refractivity contribution < 1.29 is 0 Å². The summed E-state index contributed by atoms with van der Waals surface area (Å²) in [5, 5.41) is 0. The van der Waals surface area contributed by atoms with E-state index in [-0.39, 0.29) is 0 Å². The van der Waals surface area contributed by atoms with Crippen molar-refractivity contribution in [2.24, 2.45) is 0 Å². The van der Waals surface area contributed by atoms with Gasteiger partial charge in [-0.2, -0.15) is 0 Å². The standard InChI is InChI=1S/C50H104IP/c1-5-9-13-17-19-21-23-25-27-29-31-33-35-37-41-45-49-52(51,47-43-39-15-11-7-3,48-44-40-16-12-8-4)50-46-42-38-36-34-32-30-28-26-24-22-20-18-14-10-6-2/h5-50H2,1-4H3. The first-order valence-corrected chi connectivity index (χ1v) is 31.0. The Balaban J connectivity index is 4.54. The summed E-state index contributed by atoms with van der Waals surface area (Å²) in [6, 6.07) is 0. The topological polar surface area (TPSA) is 0 Å². The minimum Gasteiger partial charge on any atom is -0.0654 e. The monoisotopic (exact) mass is 863 g/mol. The Morgan fingerprint density at radius 2 is 0.308 bits per heavy atom. The van der Waals surface area contributed by atoms with Crippen LogP contribution in [0.15, 0.2) is 0 Å². The van der Waals surface area contributed by atoms with Gasteiger partial charge >= 0.3 is 270 Å². The molecule has 2 heteroatoms. The first kappa shape index (κ1) is 53.2. The molecule has 0 heterocycles. The molecule has 0 aromatic heterocycles. The fraction of sp³-hybridized carbons (Fsp3) is 1.00. The average Bonchev–Trinajstić information content (AvgIpc) is 3.14. The van der Waals surface area contributed by atoms with E-state index in [0.717, 1.165) is 0 Å². The van der Waals surface area contributed by atoms with E-state index in [9.17, 15) is 0 Å². The van der Waals surface area contributed by atoms with Gasteiger partial charge in [-0.1, -0.05) is 78.1 Å². The van der Waals surface area contributed by atoms with Crippen LogP contribution < -0.4 is 0 Å². The molecule has 316 valence electrons. The molecule has 0 saturated carbocycles. The fourth-order valence-corrected chi connectivity index (χ4v) is 18.5. The van der Waals surface area contributed by atoms with Gasteiger partial charge < -0.3 is 0 Å². The summed E-state index contributed by atoms with van der Waals surface area (Å²) in [6.07, 6.45) is 68.8. The minimum absolute atomic E-state index is 1.37. The van der Waals surface area contributed by atoms with Crippen molar-refractivity contribution in [3.05, 3.63) is 0 Å². The summed E-state index contributed by atoms with van der Waals surface area (Å²) in [7, 11) is 0. The summed E-state index contributed by atoms with van der Waals surface area (Å²) in [6.45, 7) is 9.40. The molecule has 0 saturated heterocycles. The Bertz CT molecular complexity index is 607. The molecule has 0 aromatic carbocycles. The van der Waals surface area contributed by atoms with E-state index in [2.05, 4.69) is 49.7 Å². The Hall–Kier alpha value is 1.16. The molecule has 0 rings (SSSR count). The molecule has 0 aliphatic rings. The van der Waals surface area contributed by atoms with Crippen molar-refractivity contribution in [1.29, 1.82) is 0 Å². The van der Waals surface area contributed by atoms with Crippen LogP contribution >= 0.6 is 26.3 Å². The van der Waals surface area contributed by atoms with Crippen LogP contribution in [-0.4, -0.2) is 24.6 Å². The molecule has 0 aromatic rings. The third kappa shape index (κ3) is 36.8. The van der Waals surface area contributed by atoms with Gasteiger partial charge in [0, 0.05) is 0 Å². The number of hydrogen-bond donors (Lipinski definition) is 0. The van der Waals surface area contributed by atoms with Crippen molar-refractivity contribution in [3.8, 4) is 0 Å². The molecule has 0 spiro atoms. The molecule has 0 aliphatic carbocycles. The van der Waals surface area contributed by atoms with E-state index >= 15 is 0 Å². The van der Waals surface area contributed by atoms with Crippen LogP contribution in [0, 0.1) is 0 Å². The summed E-state index contributed by atoms with van der Waals surface area (Å²) in [5.74, 6) is 0. The second-order valence-electron chi connectivity index (χ2n) is 18.1. The van der Waals surface area contributed by atoms with E-state index in [4.69, 9.17) is 0 Å². The maximum atomic E-state index is 3.26. The predicted molar refractivity (Wildman–Crippen MR) is 257 cm³/mol. The molecule has 0 fully saturated rings. The Kier molecular flexibility index (Phi) is 42.7. The van der Waals surface area contributed by atoms with Crippen molar-refractivity contribution in [3.63, 3.8) is 0 Å². The van der Waals surface area contributed by atoms with Crippen LogP contribution in [0.3, 0.4) is 0 Å². The predicted octanol–water partition coefficient (Wildman–Crippen LogP) is 20.4. The average molecular weight is 863 g/mol. The maximum absolute atomic E-state index is 3.26. The summed E-state index contributed by atoms with van der Waals surface area (Å²) in [5.41, 5.74) is 0. The second kappa shape index (κ2) is 41.8. The second-order valence-corrected chi connectivity index (χ2v) is 31.8. The fourth-order valence-electron chi connectivity index (χ4n) is 9.00. The van der Waals surface area contributed by atoms with Gasteiger partial charge in [0.15, 0.2) is 0 Å². The Labute approximate surface area is 346 Å². The molecule has 0 unspecified atom stereocenters. The molecule has 0 nitrogen and oxygen atoms in total. The number of rotatable bonds is 46. The van der Waals surface area contributed by atoms with E-state index in [1.54, 1.807) is 37.5 Å². The van der Waals surface area contributed by atoms with Crippen molar-refractivity contribution in [2.75, 3.05) is 24.6 Å². The molecular formula is C50H104IP. The van der Waals surface area contributed by atoms with Gasteiger partial charge in [0.05, 0.1) is 0 Å². The van der Waals surface area contributed by atoms with Gasteiger partial charge in [0.25, 0.3) is 0 Å². The van der Waals surface area contributed by atoms with Crippen LogP contribution in [0.1, 0.15) is 297 Å². The van der Waals surface area contributed by atoms with E-state index in [1.807, 2.05) is 0 Å². The first-order chi connectivity index (χ1) is 25.5. The van der Waals surface area contributed by atoms with Gasteiger partial charge in [-0.3, -0.25) is 0 Å². The molecule has 0 bridgehead atoms. The summed E-state index contributed by atoms with van der Waals surface area (Å²) >= 11 is 3.26. The molecule has 0 N–H and O–H groups in total. The zero-order chi connectivity index (χ0) is 38.0. The zero-order valence-corrected chi connectivity index (χ0v) is 40.4. The first-order valence-electron chi connectivity index (χ1n) is 25.3. The van der Waals surface area contributed by atoms with Crippen LogP contribution in [0.4, 0.5) is 0 Å². The van der Waals surface area contributed by atoms with Gasteiger partial charge in [0.2, 0.25) is 0 Å². The van der Waals surface area contributed by atoms with Gasteiger partial charge in [0.1, 0.15) is 0 Å². The van der Waals surface area contributed by atoms with E-state index in [1.165, 1.54) is 257 Å². The SMILES string of the molecule is CCCCCCCCCCCCCCCCCCP(I)(CCCCCCC)(CCCCCCC)CCCCCCCCCCCCCCCCCC. The Morgan fingerprint density at radius 3 is 0.442 bits per heavy atom. The normalized spacial score (nSPS) is 12.8. The molecule has 0 aliphatic heterocycles. The summed E-state index contributed by atoms with van der Waals surface area (Å²) < 4.78 is -1.66. The Morgan fingerprint density at radius 1 is 0.192 bits per heavy atom. The number of unbranched alkanes of at least 4 members (excludes halogenated alkanes) is 38. The molecular weight excluding hydrogens is 758 g/mol. The molecule has 0 amide bonds. The van der Waals surface area contributed by atoms with Gasteiger partial charge in [-0.15, -0.1) is 0 Å². The molecule has 0 radical (unpaired) electrons. The van der Waals surface area contributed by atoms with Crippen LogP contribution in [0.25, 0.3) is 0 Å². The van der Waals surface area contributed by atoms with E-state index in [0.29, 0.717) is 0 Å². The summed E-state index contributed by atoms with van der Waals surface area (Å²) in [4.78, 5) is 0. The molecule has 0 atom stereocenters. The van der Waals surface area contributed by atoms with Crippen molar-refractivity contribution in [1.82, 2.24) is 0 Å². The third-order valence-electron chi connectivity index (χ3n) is 12.8. The van der Waals surface area contributed by atoms with Crippen LogP contribution in [-0.2, 0) is 0 Å². The number of halogens is 1. The van der Waals surface area contributed by atoms with Gasteiger partial charge in [-0.25, -0.2) is 0 Å². The van der Waals surface area contributed by atoms with Crippen molar-refractivity contribution in [2.45, 2.75) is 297 Å². The van der Waals surface area contributed by atoms with Gasteiger partial charge in [-0.05, 0) is 0 Å². The zero-order valence-electron chi connectivity index (χ0n) is 37.4. The molecule has 52 heavy (non-hydrogen) atoms.